The number of nitrogens with two attached hydrogens (primary N) is 2. The van der Waals surface area contributed by atoms with Crippen molar-refractivity contribution >= 4 is 49.1 Å². The molecule has 0 spiro atoms. The molecule has 0 saturated heterocycles. The fourth-order valence-corrected chi connectivity index (χ4v) is 9.50. The molecule has 2 amide bonds. The summed E-state index contributed by atoms with van der Waals surface area (Å²) in [6.45, 7) is 13.3. The summed E-state index contributed by atoms with van der Waals surface area (Å²) in [5.74, 6) is -1.16. The number of carbonyl (C=O) groups is 2. The second kappa shape index (κ2) is 9.72. The minimum atomic E-state index is -1.96. The maximum Gasteiger partial charge on any atom is 2.00 e. The number of amides is 2. The Morgan fingerprint density at radius 3 is 1.41 bits per heavy atom. The van der Waals surface area contributed by atoms with E-state index in [1.807, 2.05) is 24.3 Å². The minimum absolute atomic E-state index is 0. The Morgan fingerprint density at radius 1 is 0.704 bits per heavy atom. The van der Waals surface area contributed by atoms with E-state index in [9.17, 15) is 9.59 Å². The molecule has 0 saturated carbocycles. The molecule has 0 fully saturated rings. The van der Waals surface area contributed by atoms with Crippen LogP contribution >= 0.6 is 0 Å². The van der Waals surface area contributed by atoms with Gasteiger partial charge in [0.25, 0.3) is 0 Å². The van der Waals surface area contributed by atoms with Crippen LogP contribution in [-0.4, -0.2) is 28.0 Å². The van der Waals surface area contributed by atoms with Crippen LogP contribution in [0.5, 0.6) is 0 Å². The molecule has 0 aliphatic carbocycles. The summed E-state index contributed by atoms with van der Waals surface area (Å²) in [5, 5.41) is 4.00. The van der Waals surface area contributed by atoms with E-state index in [0.29, 0.717) is 5.56 Å². The molecule has 146 valence electrons. The second-order valence-electron chi connectivity index (χ2n) is 8.27. The van der Waals surface area contributed by atoms with Crippen molar-refractivity contribution in [3.8, 4) is 0 Å². The van der Waals surface area contributed by atoms with Crippen molar-refractivity contribution in [3.05, 3.63) is 35.4 Å². The van der Waals surface area contributed by atoms with E-state index >= 15 is 0 Å². The van der Waals surface area contributed by atoms with Gasteiger partial charge in [-0.1, -0.05) is 68.7 Å². The largest absolute Gasteiger partial charge is 2.00 e. The van der Waals surface area contributed by atoms with Crippen LogP contribution in [0, 0.1) is 0 Å². The van der Waals surface area contributed by atoms with Gasteiger partial charge in [0.2, 0.25) is 11.8 Å². The number of carbonyl (C=O) groups excluding carboxylic acids is 2. The van der Waals surface area contributed by atoms with Crippen LogP contribution < -0.4 is 46.7 Å². The summed E-state index contributed by atoms with van der Waals surface area (Å²) >= 11 is 0. The normalized spacial score (nSPS) is 11.0. The van der Waals surface area contributed by atoms with Gasteiger partial charge in [0.1, 0.15) is 0 Å². The van der Waals surface area contributed by atoms with Crippen molar-refractivity contribution in [1.29, 1.82) is 0 Å². The molecule has 0 radical (unpaired) electrons. The summed E-state index contributed by atoms with van der Waals surface area (Å²) < 4.78 is 0. The van der Waals surface area contributed by atoms with Crippen LogP contribution in [0.2, 0.25) is 39.3 Å². The number of benzene rings is 2. The van der Waals surface area contributed by atoms with Gasteiger partial charge in [0.15, 0.2) is 0 Å². The van der Waals surface area contributed by atoms with Crippen LogP contribution in [0.15, 0.2) is 24.3 Å². The first-order valence-electron chi connectivity index (χ1n) is 8.06. The minimum Gasteiger partial charge on any atom is -1.00 e. The molecular formula is C18H26Cl2N2O2Si2Ti. The van der Waals surface area contributed by atoms with Gasteiger partial charge in [-0.2, -0.15) is 0 Å². The van der Waals surface area contributed by atoms with Crippen molar-refractivity contribution in [1.82, 2.24) is 0 Å². The number of rotatable bonds is 4. The van der Waals surface area contributed by atoms with Crippen molar-refractivity contribution in [2.45, 2.75) is 39.3 Å². The Hall–Kier alpha value is -0.632. The molecule has 4 nitrogen and oxygen atoms in total. The topological polar surface area (TPSA) is 86.2 Å². The SMILES string of the molecule is C[Si](C)(C)c1c(C(N)=O)c(C(N)=O)c2ccccc2c1[Si](C)(C)C.[Cl-].[Cl-].[Ti+2]. The number of hydrogen-bond acceptors (Lipinski definition) is 2. The summed E-state index contributed by atoms with van der Waals surface area (Å²) in [5.41, 5.74) is 12.0. The number of fused-ring (bicyclic) bond motifs is 1. The molecule has 2 aromatic rings. The monoisotopic (exact) mass is 476 g/mol. The molecule has 0 bridgehead atoms. The molecule has 4 N–H and O–H groups in total. The van der Waals surface area contributed by atoms with Gasteiger partial charge in [-0.15, -0.1) is 0 Å². The van der Waals surface area contributed by atoms with Crippen molar-refractivity contribution in [3.63, 3.8) is 0 Å². The number of primary amides is 2. The average Bonchev–Trinajstić information content (AvgIpc) is 2.41. The average molecular weight is 477 g/mol. The summed E-state index contributed by atoms with van der Waals surface area (Å²) in [6.07, 6.45) is 0. The molecule has 0 aliphatic rings. The van der Waals surface area contributed by atoms with Crippen molar-refractivity contribution in [2.24, 2.45) is 11.5 Å². The second-order valence-corrected chi connectivity index (χ2v) is 18.3. The molecular weight excluding hydrogens is 451 g/mol. The fourth-order valence-electron chi connectivity index (χ4n) is 3.47. The van der Waals surface area contributed by atoms with Crippen LogP contribution in [0.4, 0.5) is 0 Å². The summed E-state index contributed by atoms with van der Waals surface area (Å²) in [7, 11) is -3.78. The zero-order valence-electron chi connectivity index (χ0n) is 16.5. The quantitative estimate of drug-likeness (QED) is 0.442. The van der Waals surface area contributed by atoms with Crippen LogP contribution in [-0.2, 0) is 21.7 Å². The van der Waals surface area contributed by atoms with E-state index in [2.05, 4.69) is 39.3 Å². The molecule has 2 aromatic carbocycles. The van der Waals surface area contributed by atoms with Gasteiger partial charge in [-0.25, -0.2) is 0 Å². The molecule has 9 heteroatoms. The zero-order chi connectivity index (χ0) is 18.4. The first-order valence-corrected chi connectivity index (χ1v) is 15.1. The van der Waals surface area contributed by atoms with Crippen LogP contribution in [0.25, 0.3) is 10.8 Å². The molecule has 0 atom stereocenters. The van der Waals surface area contributed by atoms with E-state index < -0.39 is 28.0 Å². The molecule has 27 heavy (non-hydrogen) atoms. The molecule has 0 heterocycles. The predicted molar refractivity (Wildman–Crippen MR) is 107 cm³/mol. The van der Waals surface area contributed by atoms with E-state index in [1.165, 1.54) is 5.19 Å². The standard InChI is InChI=1S/C18H26N2O2Si2.2ClH.Ti/c1-23(2,3)15-12-10-8-7-9-11(12)13(17(19)21)14(18(20)22)16(15)24(4,5)6;;;/h7-10H,1-6H3,(H2,19,21)(H2,20,22);2*1H;/q;;;+2/p-2. The van der Waals surface area contributed by atoms with Crippen LogP contribution in [0.1, 0.15) is 20.7 Å². The third-order valence-electron chi connectivity index (χ3n) is 4.21. The first-order chi connectivity index (χ1) is 10.9. The van der Waals surface area contributed by atoms with Crippen molar-refractivity contribution in [2.75, 3.05) is 0 Å². The number of hydrogen-bond donors (Lipinski definition) is 2. The van der Waals surface area contributed by atoms with E-state index in [0.717, 1.165) is 16.0 Å². The Balaban J connectivity index is 0. The van der Waals surface area contributed by atoms with Crippen molar-refractivity contribution < 1.29 is 56.1 Å². The Labute approximate surface area is 190 Å². The first kappa shape index (κ1) is 28.6. The predicted octanol–water partition coefficient (Wildman–Crippen LogP) is -3.87. The van der Waals surface area contributed by atoms with Gasteiger partial charge >= 0.3 is 21.7 Å². The molecule has 0 unspecified atom stereocenters. The maximum absolute atomic E-state index is 12.4. The van der Waals surface area contributed by atoms with Crippen LogP contribution in [0.3, 0.4) is 0 Å². The zero-order valence-corrected chi connectivity index (χ0v) is 21.6. The summed E-state index contributed by atoms with van der Waals surface area (Å²) in [4.78, 5) is 24.6. The summed E-state index contributed by atoms with van der Waals surface area (Å²) in [6, 6.07) is 7.72. The molecule has 0 aromatic heterocycles. The third kappa shape index (κ3) is 5.46. The van der Waals surface area contributed by atoms with Gasteiger partial charge in [0, 0.05) is 0 Å². The van der Waals surface area contributed by atoms with Gasteiger partial charge in [-0.05, 0) is 16.0 Å². The molecule has 2 rings (SSSR count). The Bertz CT molecular complexity index is 863. The van der Waals surface area contributed by atoms with Gasteiger partial charge < -0.3 is 36.3 Å². The van der Waals surface area contributed by atoms with E-state index in [1.54, 1.807) is 0 Å². The fraction of sp³-hybridized carbons (Fsp3) is 0.333. The third-order valence-corrected chi connectivity index (χ3v) is 8.48. The molecule has 0 aliphatic heterocycles. The Kier molecular flexibility index (Phi) is 10.3. The Morgan fingerprint density at radius 2 is 1.07 bits per heavy atom. The van der Waals surface area contributed by atoms with E-state index in [4.69, 9.17) is 11.5 Å². The van der Waals surface area contributed by atoms with Gasteiger partial charge in [0.05, 0.1) is 27.3 Å². The smallest absolute Gasteiger partial charge is 1.00 e. The number of halogens is 2. The van der Waals surface area contributed by atoms with Gasteiger partial charge in [-0.3, -0.25) is 9.59 Å². The maximum atomic E-state index is 12.4. The van der Waals surface area contributed by atoms with E-state index in [-0.39, 0.29) is 52.1 Å².